The van der Waals surface area contributed by atoms with Crippen molar-refractivity contribution in [3.63, 3.8) is 0 Å². The maximum atomic E-state index is 12.4. The van der Waals surface area contributed by atoms with Gasteiger partial charge < -0.3 is 9.15 Å². The van der Waals surface area contributed by atoms with Crippen molar-refractivity contribution in [2.75, 3.05) is 7.11 Å². The molecule has 1 aliphatic rings. The van der Waals surface area contributed by atoms with E-state index in [2.05, 4.69) is 4.74 Å². The van der Waals surface area contributed by atoms with Gasteiger partial charge in [0.1, 0.15) is 5.76 Å². The van der Waals surface area contributed by atoms with E-state index in [4.69, 9.17) is 4.42 Å². The van der Waals surface area contributed by atoms with Crippen LogP contribution in [-0.2, 0) is 16.1 Å². The molecule has 0 bridgehead atoms. The molecule has 2 aromatic heterocycles. The van der Waals surface area contributed by atoms with E-state index in [1.165, 1.54) is 24.5 Å². The number of rotatable bonds is 4. The van der Waals surface area contributed by atoms with E-state index in [1.807, 2.05) is 18.4 Å². The molecule has 0 radical (unpaired) electrons. The van der Waals surface area contributed by atoms with Crippen molar-refractivity contribution in [3.05, 3.63) is 50.4 Å². The first-order valence-electron chi connectivity index (χ1n) is 6.96. The van der Waals surface area contributed by atoms with Crippen LogP contribution < -0.4 is 0 Å². The monoisotopic (exact) mass is 363 g/mol. The van der Waals surface area contributed by atoms with Crippen LogP contribution in [0.15, 0.2) is 32.9 Å². The van der Waals surface area contributed by atoms with Gasteiger partial charge in [0, 0.05) is 4.88 Å². The van der Waals surface area contributed by atoms with E-state index in [0.29, 0.717) is 10.7 Å². The summed E-state index contributed by atoms with van der Waals surface area (Å²) in [6.45, 7) is 1.92. The van der Waals surface area contributed by atoms with Gasteiger partial charge in [0.15, 0.2) is 0 Å². The van der Waals surface area contributed by atoms with Crippen LogP contribution in [0.25, 0.3) is 6.08 Å². The normalized spacial score (nSPS) is 16.2. The van der Waals surface area contributed by atoms with Crippen LogP contribution in [-0.4, -0.2) is 29.1 Å². The molecule has 0 saturated carbocycles. The lowest BCUT2D eigenvalue weighted by Crippen LogP contribution is -2.27. The molecule has 3 heterocycles. The molecule has 0 N–H and O–H groups in total. The Labute approximate surface area is 146 Å². The van der Waals surface area contributed by atoms with Gasteiger partial charge in [0.25, 0.3) is 11.1 Å². The smallest absolute Gasteiger partial charge is 0.373 e. The Kier molecular flexibility index (Phi) is 4.59. The predicted molar refractivity (Wildman–Crippen MR) is 90.6 cm³/mol. The molecule has 24 heavy (non-hydrogen) atoms. The lowest BCUT2D eigenvalue weighted by atomic mass is 10.2. The van der Waals surface area contributed by atoms with Crippen LogP contribution in [0.2, 0.25) is 0 Å². The fraction of sp³-hybridized carbons (Fsp3) is 0.188. The first-order valence-corrected chi connectivity index (χ1v) is 8.65. The minimum Gasteiger partial charge on any atom is -0.463 e. The summed E-state index contributed by atoms with van der Waals surface area (Å²) < 4.78 is 9.86. The number of methoxy groups -OCH3 is 1. The molecule has 8 heteroatoms. The summed E-state index contributed by atoms with van der Waals surface area (Å²) in [5.41, 5.74) is 1.06. The van der Waals surface area contributed by atoms with Gasteiger partial charge in [-0.1, -0.05) is 0 Å². The van der Waals surface area contributed by atoms with E-state index >= 15 is 0 Å². The molecule has 1 saturated heterocycles. The quantitative estimate of drug-likeness (QED) is 0.609. The predicted octanol–water partition coefficient (Wildman–Crippen LogP) is 3.67. The van der Waals surface area contributed by atoms with Gasteiger partial charge >= 0.3 is 5.97 Å². The third-order valence-corrected chi connectivity index (χ3v) is 5.27. The molecule has 0 spiro atoms. The number of thiophene rings is 1. The van der Waals surface area contributed by atoms with Crippen LogP contribution in [0.5, 0.6) is 0 Å². The highest BCUT2D eigenvalue weighted by Gasteiger charge is 2.36. The number of ether oxygens (including phenoxy) is 1. The summed E-state index contributed by atoms with van der Waals surface area (Å²) in [6, 6.07) is 4.95. The van der Waals surface area contributed by atoms with Gasteiger partial charge in [-0.05, 0) is 53.9 Å². The fourth-order valence-corrected chi connectivity index (χ4v) is 3.87. The minimum absolute atomic E-state index is 0.0254. The van der Waals surface area contributed by atoms with Crippen molar-refractivity contribution in [1.29, 1.82) is 0 Å². The molecule has 2 amide bonds. The average Bonchev–Trinajstić information content (AvgIpc) is 3.25. The van der Waals surface area contributed by atoms with Crippen molar-refractivity contribution in [2.45, 2.75) is 13.5 Å². The maximum absolute atomic E-state index is 12.4. The second kappa shape index (κ2) is 6.66. The minimum atomic E-state index is -0.608. The van der Waals surface area contributed by atoms with Crippen LogP contribution in [0.3, 0.4) is 0 Å². The number of carbonyl (C=O) groups is 3. The summed E-state index contributed by atoms with van der Waals surface area (Å²) in [5, 5.41) is 1.57. The van der Waals surface area contributed by atoms with Crippen molar-refractivity contribution < 1.29 is 23.5 Å². The van der Waals surface area contributed by atoms with Gasteiger partial charge in [-0.15, -0.1) is 11.3 Å². The zero-order chi connectivity index (χ0) is 17.3. The summed E-state index contributed by atoms with van der Waals surface area (Å²) in [5.74, 6) is -0.604. The van der Waals surface area contributed by atoms with E-state index in [-0.39, 0.29) is 23.5 Å². The van der Waals surface area contributed by atoms with Crippen LogP contribution in [0.4, 0.5) is 4.79 Å². The van der Waals surface area contributed by atoms with Crippen molar-refractivity contribution >= 4 is 46.3 Å². The summed E-state index contributed by atoms with van der Waals surface area (Å²) in [7, 11) is 1.25. The number of carbonyl (C=O) groups excluding carboxylic acids is 3. The molecule has 1 fully saturated rings. The fourth-order valence-electron chi connectivity index (χ4n) is 2.12. The molecule has 1 aliphatic heterocycles. The van der Waals surface area contributed by atoms with Crippen molar-refractivity contribution in [2.24, 2.45) is 0 Å². The Morgan fingerprint density at radius 3 is 2.79 bits per heavy atom. The molecule has 124 valence electrons. The molecular formula is C16H13NO5S2. The second-order valence-electron chi connectivity index (χ2n) is 4.99. The van der Waals surface area contributed by atoms with Gasteiger partial charge in [-0.25, -0.2) is 4.79 Å². The molecule has 0 atom stereocenters. The van der Waals surface area contributed by atoms with E-state index in [0.717, 1.165) is 27.1 Å². The Balaban J connectivity index is 1.77. The van der Waals surface area contributed by atoms with Crippen LogP contribution >= 0.6 is 23.1 Å². The largest absolute Gasteiger partial charge is 0.463 e. The summed E-state index contributed by atoms with van der Waals surface area (Å²) >= 11 is 2.41. The topological polar surface area (TPSA) is 76.8 Å². The third kappa shape index (κ3) is 3.15. The lowest BCUT2D eigenvalue weighted by molar-refractivity contribution is -0.123. The molecule has 0 unspecified atom stereocenters. The van der Waals surface area contributed by atoms with Crippen LogP contribution in [0, 0.1) is 6.92 Å². The Morgan fingerprint density at radius 2 is 2.12 bits per heavy atom. The van der Waals surface area contributed by atoms with Gasteiger partial charge in [0.05, 0.1) is 18.6 Å². The van der Waals surface area contributed by atoms with E-state index in [1.54, 1.807) is 12.1 Å². The van der Waals surface area contributed by atoms with E-state index in [9.17, 15) is 14.4 Å². The molecule has 6 nitrogen and oxygen atoms in total. The molecule has 2 aromatic rings. The Hall–Kier alpha value is -2.32. The van der Waals surface area contributed by atoms with E-state index < -0.39 is 5.97 Å². The molecule has 0 aliphatic carbocycles. The first-order chi connectivity index (χ1) is 11.5. The summed E-state index contributed by atoms with van der Waals surface area (Å²) in [6.07, 6.45) is 1.73. The standard InChI is InChI=1S/C16H13NO5S2/c1-9-5-6-23-12(9)7-13-14(18)17(16(20)24-13)8-10-3-4-11(22-10)15(19)21-2/h3-7H,8H2,1-2H3. The number of hydrogen-bond donors (Lipinski definition) is 0. The van der Waals surface area contributed by atoms with Crippen LogP contribution in [0.1, 0.15) is 26.8 Å². The number of imide groups is 1. The number of thioether (sulfide) groups is 1. The lowest BCUT2D eigenvalue weighted by Gasteiger charge is -2.09. The maximum Gasteiger partial charge on any atom is 0.373 e. The zero-order valence-corrected chi connectivity index (χ0v) is 14.5. The number of hydrogen-bond acceptors (Lipinski definition) is 7. The number of amides is 2. The number of esters is 1. The average molecular weight is 363 g/mol. The molecule has 0 aromatic carbocycles. The Bertz CT molecular complexity index is 848. The third-order valence-electron chi connectivity index (χ3n) is 3.40. The second-order valence-corrected chi connectivity index (χ2v) is 6.93. The van der Waals surface area contributed by atoms with Gasteiger partial charge in [0.2, 0.25) is 5.76 Å². The van der Waals surface area contributed by atoms with Crippen molar-refractivity contribution in [3.8, 4) is 0 Å². The SMILES string of the molecule is COC(=O)c1ccc(CN2C(=O)SC(=Cc3sccc3C)C2=O)o1. The molecular weight excluding hydrogens is 350 g/mol. The highest BCUT2D eigenvalue weighted by atomic mass is 32.2. The number of nitrogens with zero attached hydrogens (tertiary/aromatic N) is 1. The summed E-state index contributed by atoms with van der Waals surface area (Å²) in [4.78, 5) is 38.4. The number of aryl methyl sites for hydroxylation is 1. The number of furan rings is 1. The highest BCUT2D eigenvalue weighted by Crippen LogP contribution is 2.34. The first kappa shape index (κ1) is 16.5. The zero-order valence-electron chi connectivity index (χ0n) is 12.9. The Morgan fingerprint density at radius 1 is 1.33 bits per heavy atom. The van der Waals surface area contributed by atoms with Gasteiger partial charge in [-0.3, -0.25) is 14.5 Å². The molecule has 3 rings (SSSR count). The van der Waals surface area contributed by atoms with Gasteiger partial charge in [-0.2, -0.15) is 0 Å². The van der Waals surface area contributed by atoms with Crippen molar-refractivity contribution in [1.82, 2.24) is 4.90 Å². The highest BCUT2D eigenvalue weighted by molar-refractivity contribution is 8.18.